The van der Waals surface area contributed by atoms with Gasteiger partial charge in [0, 0.05) is 11.3 Å². The number of amides is 1. The van der Waals surface area contributed by atoms with E-state index in [1.807, 2.05) is 19.1 Å². The van der Waals surface area contributed by atoms with Crippen molar-refractivity contribution in [1.82, 2.24) is 0 Å². The number of carbonyl (C=O) groups is 1. The third-order valence-corrected chi connectivity index (χ3v) is 2.12. The maximum atomic E-state index is 11.6. The van der Waals surface area contributed by atoms with Crippen LogP contribution in [-0.4, -0.2) is 5.91 Å². The summed E-state index contributed by atoms with van der Waals surface area (Å²) in [6.07, 6.45) is 2.70. The molecule has 0 atom stereocenters. The summed E-state index contributed by atoms with van der Waals surface area (Å²) in [7, 11) is 0. The Kier molecular flexibility index (Phi) is 4.28. The van der Waals surface area contributed by atoms with Gasteiger partial charge < -0.3 is 5.32 Å². The summed E-state index contributed by atoms with van der Waals surface area (Å²) in [5.41, 5.74) is 1.87. The Bertz CT molecular complexity index is 455. The molecule has 0 aliphatic heterocycles. The molecule has 0 spiro atoms. The van der Waals surface area contributed by atoms with Crippen molar-refractivity contribution in [2.45, 2.75) is 20.3 Å². The first-order valence-electron chi connectivity index (χ1n) is 5.15. The Morgan fingerprint density at radius 2 is 2.31 bits per heavy atom. The SMILES string of the molecule is CC/C=C(/C)C(=O)Nc1cccc(C#N)c1. The van der Waals surface area contributed by atoms with Gasteiger partial charge in [0.05, 0.1) is 11.6 Å². The highest BCUT2D eigenvalue weighted by Crippen LogP contribution is 2.11. The van der Waals surface area contributed by atoms with E-state index in [0.717, 1.165) is 6.42 Å². The summed E-state index contributed by atoms with van der Waals surface area (Å²) in [5, 5.41) is 11.5. The molecular weight excluding hydrogens is 200 g/mol. The van der Waals surface area contributed by atoms with Crippen LogP contribution in [0.15, 0.2) is 35.9 Å². The maximum Gasteiger partial charge on any atom is 0.250 e. The smallest absolute Gasteiger partial charge is 0.250 e. The topological polar surface area (TPSA) is 52.9 Å². The van der Waals surface area contributed by atoms with E-state index >= 15 is 0 Å². The fraction of sp³-hybridized carbons (Fsp3) is 0.231. The molecule has 1 rings (SSSR count). The van der Waals surface area contributed by atoms with Crippen LogP contribution in [0.25, 0.3) is 0 Å². The van der Waals surface area contributed by atoms with Crippen LogP contribution >= 0.6 is 0 Å². The molecule has 82 valence electrons. The molecule has 3 heteroatoms. The number of hydrogen-bond acceptors (Lipinski definition) is 2. The zero-order chi connectivity index (χ0) is 12.0. The van der Waals surface area contributed by atoms with Crippen molar-refractivity contribution in [1.29, 1.82) is 5.26 Å². The van der Waals surface area contributed by atoms with E-state index in [1.165, 1.54) is 0 Å². The molecule has 0 radical (unpaired) electrons. The van der Waals surface area contributed by atoms with Crippen LogP contribution in [0.2, 0.25) is 0 Å². The van der Waals surface area contributed by atoms with Gasteiger partial charge in [0.15, 0.2) is 0 Å². The zero-order valence-corrected chi connectivity index (χ0v) is 9.45. The molecule has 0 fully saturated rings. The summed E-state index contributed by atoms with van der Waals surface area (Å²) in [5.74, 6) is -0.128. The molecule has 0 saturated carbocycles. The molecule has 1 amide bonds. The van der Waals surface area contributed by atoms with Gasteiger partial charge in [-0.15, -0.1) is 0 Å². The van der Waals surface area contributed by atoms with Gasteiger partial charge in [-0.05, 0) is 31.5 Å². The van der Waals surface area contributed by atoms with Crippen molar-refractivity contribution in [3.8, 4) is 6.07 Å². The molecule has 0 aromatic heterocycles. The Morgan fingerprint density at radius 1 is 1.56 bits per heavy atom. The average molecular weight is 214 g/mol. The van der Waals surface area contributed by atoms with Gasteiger partial charge in [0.25, 0.3) is 5.91 Å². The van der Waals surface area contributed by atoms with Crippen LogP contribution in [0.1, 0.15) is 25.8 Å². The quantitative estimate of drug-likeness (QED) is 0.786. The number of nitriles is 1. The van der Waals surface area contributed by atoms with Gasteiger partial charge in [-0.3, -0.25) is 4.79 Å². The third kappa shape index (κ3) is 3.25. The predicted octanol–water partition coefficient (Wildman–Crippen LogP) is 2.85. The van der Waals surface area contributed by atoms with E-state index in [4.69, 9.17) is 5.26 Å². The van der Waals surface area contributed by atoms with Crippen molar-refractivity contribution in [3.63, 3.8) is 0 Å². The third-order valence-electron chi connectivity index (χ3n) is 2.12. The Labute approximate surface area is 95.4 Å². The molecule has 0 bridgehead atoms. The minimum absolute atomic E-state index is 0.128. The lowest BCUT2D eigenvalue weighted by atomic mass is 10.2. The summed E-state index contributed by atoms with van der Waals surface area (Å²) in [6, 6.07) is 8.88. The van der Waals surface area contributed by atoms with Gasteiger partial charge >= 0.3 is 0 Å². The highest BCUT2D eigenvalue weighted by Gasteiger charge is 2.04. The normalized spacial score (nSPS) is 10.7. The first-order valence-corrected chi connectivity index (χ1v) is 5.15. The first-order chi connectivity index (χ1) is 7.67. The second-order valence-electron chi connectivity index (χ2n) is 3.44. The summed E-state index contributed by atoms with van der Waals surface area (Å²) in [6.45, 7) is 3.75. The molecule has 1 aromatic carbocycles. The van der Waals surface area contributed by atoms with E-state index < -0.39 is 0 Å². The van der Waals surface area contributed by atoms with Gasteiger partial charge in [0.2, 0.25) is 0 Å². The second-order valence-corrected chi connectivity index (χ2v) is 3.44. The van der Waals surface area contributed by atoms with E-state index in [2.05, 4.69) is 5.32 Å². The summed E-state index contributed by atoms with van der Waals surface area (Å²) in [4.78, 5) is 11.6. The molecule has 0 heterocycles. The molecule has 0 saturated heterocycles. The molecule has 0 aliphatic carbocycles. The molecule has 3 nitrogen and oxygen atoms in total. The maximum absolute atomic E-state index is 11.6. The molecule has 1 N–H and O–H groups in total. The number of rotatable bonds is 3. The molecular formula is C13H14N2O. The minimum Gasteiger partial charge on any atom is -0.322 e. The van der Waals surface area contributed by atoms with Gasteiger partial charge in [-0.25, -0.2) is 0 Å². The number of nitrogens with one attached hydrogen (secondary N) is 1. The highest BCUT2D eigenvalue weighted by atomic mass is 16.1. The minimum atomic E-state index is -0.128. The van der Waals surface area contributed by atoms with Crippen LogP contribution in [-0.2, 0) is 4.79 Å². The van der Waals surface area contributed by atoms with Gasteiger partial charge in [-0.1, -0.05) is 19.1 Å². The second kappa shape index (κ2) is 5.72. The fourth-order valence-corrected chi connectivity index (χ4v) is 1.30. The monoisotopic (exact) mass is 214 g/mol. The number of carbonyl (C=O) groups excluding carboxylic acids is 1. The Balaban J connectivity index is 2.78. The number of allylic oxidation sites excluding steroid dienone is 1. The largest absolute Gasteiger partial charge is 0.322 e. The van der Waals surface area contributed by atoms with Crippen LogP contribution in [0.4, 0.5) is 5.69 Å². The number of nitrogens with zero attached hydrogens (tertiary/aromatic N) is 1. The number of benzene rings is 1. The van der Waals surface area contributed by atoms with Crippen molar-refractivity contribution >= 4 is 11.6 Å². The fourth-order valence-electron chi connectivity index (χ4n) is 1.30. The van der Waals surface area contributed by atoms with E-state index in [1.54, 1.807) is 31.2 Å². The lowest BCUT2D eigenvalue weighted by Gasteiger charge is -2.05. The van der Waals surface area contributed by atoms with Crippen LogP contribution in [0.5, 0.6) is 0 Å². The first kappa shape index (κ1) is 12.0. The number of hydrogen-bond donors (Lipinski definition) is 1. The van der Waals surface area contributed by atoms with E-state index in [0.29, 0.717) is 16.8 Å². The zero-order valence-electron chi connectivity index (χ0n) is 9.45. The van der Waals surface area contributed by atoms with Crippen molar-refractivity contribution in [2.24, 2.45) is 0 Å². The van der Waals surface area contributed by atoms with E-state index in [-0.39, 0.29) is 5.91 Å². The Morgan fingerprint density at radius 3 is 2.94 bits per heavy atom. The van der Waals surface area contributed by atoms with Crippen LogP contribution in [0.3, 0.4) is 0 Å². The Hall–Kier alpha value is -2.08. The van der Waals surface area contributed by atoms with Crippen LogP contribution in [0, 0.1) is 11.3 Å². The van der Waals surface area contributed by atoms with E-state index in [9.17, 15) is 4.79 Å². The predicted molar refractivity (Wildman–Crippen MR) is 63.8 cm³/mol. The van der Waals surface area contributed by atoms with Gasteiger partial charge in [0.1, 0.15) is 0 Å². The van der Waals surface area contributed by atoms with Crippen molar-refractivity contribution < 1.29 is 4.79 Å². The average Bonchev–Trinajstić information content (AvgIpc) is 2.29. The number of anilines is 1. The van der Waals surface area contributed by atoms with Gasteiger partial charge in [-0.2, -0.15) is 5.26 Å². The lowest BCUT2D eigenvalue weighted by molar-refractivity contribution is -0.112. The van der Waals surface area contributed by atoms with Crippen LogP contribution < -0.4 is 5.32 Å². The molecule has 16 heavy (non-hydrogen) atoms. The summed E-state index contributed by atoms with van der Waals surface area (Å²) < 4.78 is 0. The molecule has 1 aromatic rings. The molecule has 0 aliphatic rings. The lowest BCUT2D eigenvalue weighted by Crippen LogP contribution is -2.12. The van der Waals surface area contributed by atoms with Crippen molar-refractivity contribution in [3.05, 3.63) is 41.5 Å². The standard InChI is InChI=1S/C13H14N2O/c1-3-5-10(2)13(16)15-12-7-4-6-11(8-12)9-14/h4-8H,3H2,1-2H3,(H,15,16)/b10-5-. The summed E-state index contributed by atoms with van der Waals surface area (Å²) >= 11 is 0. The highest BCUT2D eigenvalue weighted by molar-refractivity contribution is 6.03. The molecule has 0 unspecified atom stereocenters. The van der Waals surface area contributed by atoms with Crippen molar-refractivity contribution in [2.75, 3.05) is 5.32 Å².